The molecule has 1 aliphatic rings. The van der Waals surface area contributed by atoms with Gasteiger partial charge in [-0.2, -0.15) is 0 Å². The van der Waals surface area contributed by atoms with E-state index in [9.17, 15) is 4.79 Å². The molecule has 1 aliphatic heterocycles. The standard InChI is InChI=1S/C19H26N2O3S/c1-19(2,3)24-18(22)21-11-6-7-14(13-21)10-12-23-17-20-15-8-4-5-9-16(15)25-17/h4-5,8-9,14H,6-7,10-13H2,1-3H3/t14-/m1/s1. The molecule has 3 rings (SSSR count). The maximum atomic E-state index is 12.2. The SMILES string of the molecule is CC(C)(C)OC(=O)N1CCC[C@H](CCOc2nc3ccccc3s2)C1. The van der Waals surface area contributed by atoms with Gasteiger partial charge < -0.3 is 14.4 Å². The highest BCUT2D eigenvalue weighted by Gasteiger charge is 2.27. The van der Waals surface area contributed by atoms with Crippen LogP contribution in [0.1, 0.15) is 40.0 Å². The Labute approximate surface area is 152 Å². The summed E-state index contributed by atoms with van der Waals surface area (Å²) in [6.45, 7) is 7.86. The Morgan fingerprint density at radius 1 is 1.36 bits per heavy atom. The number of thiazole rings is 1. The first-order chi connectivity index (χ1) is 11.9. The van der Waals surface area contributed by atoms with Crippen LogP contribution in [0.15, 0.2) is 24.3 Å². The van der Waals surface area contributed by atoms with Gasteiger partial charge >= 0.3 is 6.09 Å². The Kier molecular flexibility index (Phi) is 5.47. The zero-order valence-electron chi connectivity index (χ0n) is 15.2. The first-order valence-corrected chi connectivity index (χ1v) is 9.69. The molecule has 1 saturated heterocycles. The Morgan fingerprint density at radius 3 is 2.92 bits per heavy atom. The molecule has 1 fully saturated rings. The number of carbonyl (C=O) groups is 1. The van der Waals surface area contributed by atoms with Gasteiger partial charge in [-0.25, -0.2) is 9.78 Å². The number of hydrogen-bond donors (Lipinski definition) is 0. The van der Waals surface area contributed by atoms with Crippen LogP contribution in [0.3, 0.4) is 0 Å². The van der Waals surface area contributed by atoms with Gasteiger partial charge in [-0.15, -0.1) is 0 Å². The Bertz CT molecular complexity index is 690. The second-order valence-electron chi connectivity index (χ2n) is 7.52. The number of para-hydroxylation sites is 1. The topological polar surface area (TPSA) is 51.7 Å². The van der Waals surface area contributed by atoms with Crippen molar-refractivity contribution in [1.82, 2.24) is 9.88 Å². The monoisotopic (exact) mass is 362 g/mol. The first-order valence-electron chi connectivity index (χ1n) is 8.87. The van der Waals surface area contributed by atoms with Crippen molar-refractivity contribution in [2.45, 2.75) is 45.6 Å². The average molecular weight is 362 g/mol. The number of fused-ring (bicyclic) bond motifs is 1. The van der Waals surface area contributed by atoms with Gasteiger partial charge in [-0.1, -0.05) is 23.5 Å². The van der Waals surface area contributed by atoms with Crippen LogP contribution in [0, 0.1) is 5.92 Å². The summed E-state index contributed by atoms with van der Waals surface area (Å²) in [6, 6.07) is 8.05. The highest BCUT2D eigenvalue weighted by atomic mass is 32.1. The molecule has 0 radical (unpaired) electrons. The van der Waals surface area contributed by atoms with Crippen LogP contribution < -0.4 is 4.74 Å². The van der Waals surface area contributed by atoms with Crippen LogP contribution in [0.5, 0.6) is 5.19 Å². The minimum atomic E-state index is -0.444. The molecule has 2 aromatic rings. The van der Waals surface area contributed by atoms with E-state index in [1.165, 1.54) is 0 Å². The molecule has 5 nitrogen and oxygen atoms in total. The summed E-state index contributed by atoms with van der Waals surface area (Å²) in [5.41, 5.74) is 0.538. The van der Waals surface area contributed by atoms with E-state index in [-0.39, 0.29) is 6.09 Å². The maximum absolute atomic E-state index is 12.2. The zero-order chi connectivity index (χ0) is 17.9. The van der Waals surface area contributed by atoms with E-state index in [1.54, 1.807) is 11.3 Å². The van der Waals surface area contributed by atoms with Gasteiger partial charge in [0.2, 0.25) is 0 Å². The number of carbonyl (C=O) groups excluding carboxylic acids is 1. The summed E-state index contributed by atoms with van der Waals surface area (Å²) in [4.78, 5) is 18.5. The zero-order valence-corrected chi connectivity index (χ0v) is 16.0. The molecule has 0 spiro atoms. The largest absolute Gasteiger partial charge is 0.470 e. The maximum Gasteiger partial charge on any atom is 0.410 e. The number of nitrogens with zero attached hydrogens (tertiary/aromatic N) is 2. The van der Waals surface area contributed by atoms with Crippen molar-refractivity contribution in [3.63, 3.8) is 0 Å². The first kappa shape index (κ1) is 18.0. The highest BCUT2D eigenvalue weighted by molar-refractivity contribution is 7.20. The lowest BCUT2D eigenvalue weighted by molar-refractivity contribution is 0.0154. The van der Waals surface area contributed by atoms with E-state index in [0.29, 0.717) is 12.5 Å². The summed E-state index contributed by atoms with van der Waals surface area (Å²) in [5.74, 6) is 0.454. The van der Waals surface area contributed by atoms with Crippen molar-refractivity contribution in [3.05, 3.63) is 24.3 Å². The van der Waals surface area contributed by atoms with E-state index in [4.69, 9.17) is 9.47 Å². The number of aromatic nitrogens is 1. The summed E-state index contributed by atoms with van der Waals surface area (Å²) in [5, 5.41) is 0.723. The summed E-state index contributed by atoms with van der Waals surface area (Å²) >= 11 is 1.58. The van der Waals surface area contributed by atoms with Gasteiger partial charge in [0.1, 0.15) is 5.60 Å². The van der Waals surface area contributed by atoms with Crippen LogP contribution in [-0.4, -0.2) is 41.3 Å². The third-order valence-corrected chi connectivity index (χ3v) is 5.15. The van der Waals surface area contributed by atoms with Crippen molar-refractivity contribution < 1.29 is 14.3 Å². The number of piperidine rings is 1. The van der Waals surface area contributed by atoms with Gasteiger partial charge in [0.15, 0.2) is 0 Å². The summed E-state index contributed by atoms with van der Waals surface area (Å²) in [6.07, 6.45) is 2.87. The van der Waals surface area contributed by atoms with Gasteiger partial charge in [-0.05, 0) is 58.1 Å². The normalized spacial score (nSPS) is 18.4. The predicted octanol–water partition coefficient (Wildman–Crippen LogP) is 4.71. The van der Waals surface area contributed by atoms with Crippen molar-refractivity contribution >= 4 is 27.6 Å². The lowest BCUT2D eigenvalue weighted by Crippen LogP contribution is -2.43. The molecule has 0 N–H and O–H groups in total. The molecule has 1 atom stereocenters. The minimum absolute atomic E-state index is 0.204. The molecule has 25 heavy (non-hydrogen) atoms. The van der Waals surface area contributed by atoms with Crippen LogP contribution in [-0.2, 0) is 4.74 Å². The third kappa shape index (κ3) is 5.08. The van der Waals surface area contributed by atoms with Crippen molar-refractivity contribution in [3.8, 4) is 5.19 Å². The number of likely N-dealkylation sites (tertiary alicyclic amines) is 1. The van der Waals surface area contributed by atoms with Crippen molar-refractivity contribution in [2.75, 3.05) is 19.7 Å². The molecule has 1 amide bonds. The van der Waals surface area contributed by atoms with Gasteiger partial charge in [0, 0.05) is 13.1 Å². The van der Waals surface area contributed by atoms with Crippen molar-refractivity contribution in [2.24, 2.45) is 5.92 Å². The summed E-state index contributed by atoms with van der Waals surface area (Å²) in [7, 11) is 0. The third-order valence-electron chi connectivity index (χ3n) is 4.20. The smallest absolute Gasteiger partial charge is 0.410 e. The van der Waals surface area contributed by atoms with Gasteiger partial charge in [0.25, 0.3) is 5.19 Å². The van der Waals surface area contributed by atoms with Crippen LogP contribution in [0.2, 0.25) is 0 Å². The highest BCUT2D eigenvalue weighted by Crippen LogP contribution is 2.28. The molecule has 2 heterocycles. The molecule has 6 heteroatoms. The number of amides is 1. The molecule has 0 saturated carbocycles. The van der Waals surface area contributed by atoms with Crippen LogP contribution in [0.25, 0.3) is 10.2 Å². The Morgan fingerprint density at radius 2 is 2.16 bits per heavy atom. The molecule has 0 bridgehead atoms. The minimum Gasteiger partial charge on any atom is -0.470 e. The Balaban J connectivity index is 1.47. The van der Waals surface area contributed by atoms with Crippen LogP contribution >= 0.6 is 11.3 Å². The second-order valence-corrected chi connectivity index (χ2v) is 8.51. The fraction of sp³-hybridized carbons (Fsp3) is 0.579. The summed E-state index contributed by atoms with van der Waals surface area (Å²) < 4.78 is 12.5. The predicted molar refractivity (Wildman–Crippen MR) is 100 cm³/mol. The fourth-order valence-corrected chi connectivity index (χ4v) is 3.86. The molecule has 1 aromatic heterocycles. The molecular formula is C19H26N2O3S. The van der Waals surface area contributed by atoms with E-state index < -0.39 is 5.60 Å². The quantitative estimate of drug-likeness (QED) is 0.790. The molecule has 0 aliphatic carbocycles. The van der Waals surface area contributed by atoms with Gasteiger partial charge in [-0.3, -0.25) is 0 Å². The van der Waals surface area contributed by atoms with Gasteiger partial charge in [0.05, 0.1) is 16.8 Å². The second kappa shape index (κ2) is 7.60. The lowest BCUT2D eigenvalue weighted by Gasteiger charge is -2.34. The Hall–Kier alpha value is -1.82. The number of ether oxygens (including phenoxy) is 2. The number of benzene rings is 1. The molecule has 136 valence electrons. The van der Waals surface area contributed by atoms with E-state index in [1.807, 2.05) is 43.9 Å². The van der Waals surface area contributed by atoms with E-state index >= 15 is 0 Å². The fourth-order valence-electron chi connectivity index (χ4n) is 3.02. The number of hydrogen-bond acceptors (Lipinski definition) is 5. The lowest BCUT2D eigenvalue weighted by atomic mass is 9.95. The molecule has 0 unspecified atom stereocenters. The van der Waals surface area contributed by atoms with E-state index in [0.717, 1.165) is 47.8 Å². The average Bonchev–Trinajstić information content (AvgIpc) is 2.96. The van der Waals surface area contributed by atoms with Crippen molar-refractivity contribution in [1.29, 1.82) is 0 Å². The molecular weight excluding hydrogens is 336 g/mol. The number of rotatable bonds is 4. The molecule has 1 aromatic carbocycles. The van der Waals surface area contributed by atoms with E-state index in [2.05, 4.69) is 11.1 Å². The van der Waals surface area contributed by atoms with Crippen LogP contribution in [0.4, 0.5) is 4.79 Å².